The van der Waals surface area contributed by atoms with Gasteiger partial charge in [0.05, 0.1) is 0 Å². The molecule has 1 aromatic rings. The van der Waals surface area contributed by atoms with E-state index in [1.165, 1.54) is 12.1 Å². The quantitative estimate of drug-likeness (QED) is 0.692. The van der Waals surface area contributed by atoms with Gasteiger partial charge in [-0.15, -0.1) is 0 Å². The molecule has 1 aromatic carbocycles. The van der Waals surface area contributed by atoms with Crippen LogP contribution in [0.3, 0.4) is 0 Å². The van der Waals surface area contributed by atoms with Gasteiger partial charge in [0, 0.05) is 12.5 Å². The molecule has 0 radical (unpaired) electrons. The maximum atomic E-state index is 13.4. The van der Waals surface area contributed by atoms with Gasteiger partial charge in [-0.1, -0.05) is 12.1 Å². The fourth-order valence-electron chi connectivity index (χ4n) is 1.78. The minimum atomic E-state index is -3.40. The van der Waals surface area contributed by atoms with Gasteiger partial charge < -0.3 is 20.7 Å². The highest BCUT2D eigenvalue weighted by atomic mass is 19.3. The molecule has 4 N–H and O–H groups in total. The normalized spacial score (nSPS) is 15.4. The molecule has 20 heavy (non-hydrogen) atoms. The zero-order valence-electron chi connectivity index (χ0n) is 10.4. The van der Waals surface area contributed by atoms with E-state index in [0.717, 1.165) is 19.1 Å². The molecular formula is C12H13F2NO5. The number of carboxylic acids is 1. The summed E-state index contributed by atoms with van der Waals surface area (Å²) in [7, 11) is 0. The molecule has 0 fully saturated rings. The molecule has 0 bridgehead atoms. The Labute approximate surface area is 112 Å². The number of hydrogen-bond acceptors (Lipinski definition) is 5. The summed E-state index contributed by atoms with van der Waals surface area (Å²) in [4.78, 5) is 22.1. The lowest BCUT2D eigenvalue weighted by Gasteiger charge is -2.35. The lowest BCUT2D eigenvalue weighted by atomic mass is 9.86. The number of aliphatic carboxylic acids is 1. The van der Waals surface area contributed by atoms with Crippen LogP contribution in [0.5, 0.6) is 5.75 Å². The first kappa shape index (κ1) is 15.8. The third-order valence-electron chi connectivity index (χ3n) is 2.66. The number of carboxylic acid groups (broad SMARTS) is 1. The Morgan fingerprint density at radius 1 is 1.40 bits per heavy atom. The third kappa shape index (κ3) is 2.85. The molecule has 0 amide bonds. The molecule has 6 nitrogen and oxygen atoms in total. The number of benzene rings is 1. The summed E-state index contributed by atoms with van der Waals surface area (Å²) >= 11 is 0. The van der Waals surface area contributed by atoms with Gasteiger partial charge in [-0.05, 0) is 12.1 Å². The second-order valence-electron chi connectivity index (χ2n) is 4.05. The van der Waals surface area contributed by atoms with Crippen molar-refractivity contribution in [1.82, 2.24) is 0 Å². The summed E-state index contributed by atoms with van der Waals surface area (Å²) in [5.74, 6) is -3.28. The highest BCUT2D eigenvalue weighted by Gasteiger charge is 2.54. The summed E-state index contributed by atoms with van der Waals surface area (Å²) in [5.41, 5.74) is 2.01. The van der Waals surface area contributed by atoms with Crippen LogP contribution in [0.4, 0.5) is 8.78 Å². The van der Waals surface area contributed by atoms with E-state index < -0.39 is 41.3 Å². The Kier molecular flexibility index (Phi) is 4.61. The number of carbonyl (C=O) groups excluding carboxylic acids is 1. The van der Waals surface area contributed by atoms with E-state index in [1.54, 1.807) is 0 Å². The fraction of sp³-hybridized carbons (Fsp3) is 0.333. The van der Waals surface area contributed by atoms with Crippen molar-refractivity contribution in [3.8, 4) is 5.75 Å². The van der Waals surface area contributed by atoms with Crippen molar-refractivity contribution in [3.05, 3.63) is 29.8 Å². The van der Waals surface area contributed by atoms with Crippen LogP contribution in [-0.2, 0) is 19.9 Å². The fourth-order valence-corrected chi connectivity index (χ4v) is 1.78. The van der Waals surface area contributed by atoms with Crippen molar-refractivity contribution in [2.24, 2.45) is 5.73 Å². The average Bonchev–Trinajstić information content (AvgIpc) is 2.34. The van der Waals surface area contributed by atoms with Crippen molar-refractivity contribution in [2.45, 2.75) is 25.0 Å². The topological polar surface area (TPSA) is 110 Å². The minimum Gasteiger partial charge on any atom is -0.508 e. The van der Waals surface area contributed by atoms with Crippen LogP contribution in [-0.4, -0.2) is 34.6 Å². The van der Waals surface area contributed by atoms with E-state index in [9.17, 15) is 23.5 Å². The molecular weight excluding hydrogens is 276 g/mol. The summed E-state index contributed by atoms with van der Waals surface area (Å²) in [6.45, 7) is 0.856. The number of ether oxygens (including phenoxy) is 1. The van der Waals surface area contributed by atoms with E-state index in [-0.39, 0.29) is 0 Å². The van der Waals surface area contributed by atoms with Crippen LogP contribution >= 0.6 is 0 Å². The number of carbonyl (C=O) groups is 2. The number of rotatable bonds is 5. The predicted octanol–water partition coefficient (Wildman–Crippen LogP) is 0.828. The summed E-state index contributed by atoms with van der Waals surface area (Å²) in [5, 5.41) is 18.2. The summed E-state index contributed by atoms with van der Waals surface area (Å²) < 4.78 is 31.4. The second kappa shape index (κ2) is 5.83. The zero-order chi connectivity index (χ0) is 15.5. The van der Waals surface area contributed by atoms with Gasteiger partial charge in [-0.2, -0.15) is 0 Å². The first-order chi connectivity index (χ1) is 9.21. The van der Waals surface area contributed by atoms with Crippen LogP contribution in [0.25, 0.3) is 0 Å². The van der Waals surface area contributed by atoms with Crippen molar-refractivity contribution in [1.29, 1.82) is 0 Å². The number of hydrogen-bond donors (Lipinski definition) is 3. The number of phenols is 1. The lowest BCUT2D eigenvalue weighted by Crippen LogP contribution is -2.57. The molecule has 0 aromatic heterocycles. The van der Waals surface area contributed by atoms with Gasteiger partial charge in [0.25, 0.3) is 6.43 Å². The molecule has 0 saturated carbocycles. The smallest absolute Gasteiger partial charge is 0.325 e. The van der Waals surface area contributed by atoms with Crippen molar-refractivity contribution in [3.63, 3.8) is 0 Å². The van der Waals surface area contributed by atoms with E-state index in [0.29, 0.717) is 0 Å². The Morgan fingerprint density at radius 3 is 2.40 bits per heavy atom. The van der Waals surface area contributed by atoms with Gasteiger partial charge >= 0.3 is 11.9 Å². The minimum absolute atomic E-state index is 0.391. The second-order valence-corrected chi connectivity index (χ2v) is 4.05. The monoisotopic (exact) mass is 289 g/mol. The van der Waals surface area contributed by atoms with Crippen LogP contribution in [0.15, 0.2) is 24.3 Å². The van der Waals surface area contributed by atoms with E-state index >= 15 is 0 Å². The van der Waals surface area contributed by atoms with E-state index in [4.69, 9.17) is 10.8 Å². The molecule has 2 atom stereocenters. The van der Waals surface area contributed by atoms with Gasteiger partial charge in [0.1, 0.15) is 5.75 Å². The summed E-state index contributed by atoms with van der Waals surface area (Å²) in [6, 6.07) is 2.17. The van der Waals surface area contributed by atoms with Crippen LogP contribution in [0.1, 0.15) is 12.5 Å². The number of phenolic OH excluding ortho intramolecular Hbond substituents is 1. The molecule has 0 aliphatic rings. The van der Waals surface area contributed by atoms with Gasteiger partial charge in [0.15, 0.2) is 6.04 Å². The van der Waals surface area contributed by atoms with Gasteiger partial charge in [-0.25, -0.2) is 8.78 Å². The van der Waals surface area contributed by atoms with Crippen LogP contribution < -0.4 is 5.73 Å². The molecule has 1 rings (SSSR count). The largest absolute Gasteiger partial charge is 0.508 e. The molecule has 0 saturated heterocycles. The van der Waals surface area contributed by atoms with Gasteiger partial charge in [-0.3, -0.25) is 9.59 Å². The maximum absolute atomic E-state index is 13.4. The van der Waals surface area contributed by atoms with Gasteiger partial charge in [0.2, 0.25) is 5.60 Å². The van der Waals surface area contributed by atoms with Crippen molar-refractivity contribution < 1.29 is 33.3 Å². The SMILES string of the molecule is CC(=O)O[C@@](c1cccc(O)c1)(C(F)F)[C@H](N)C(=O)O. The Balaban J connectivity index is 3.52. The molecule has 8 heteroatoms. The maximum Gasteiger partial charge on any atom is 0.325 e. The highest BCUT2D eigenvalue weighted by Crippen LogP contribution is 2.37. The highest BCUT2D eigenvalue weighted by molar-refractivity contribution is 5.77. The molecule has 110 valence electrons. The Morgan fingerprint density at radius 2 is 2.00 bits per heavy atom. The van der Waals surface area contributed by atoms with Crippen molar-refractivity contribution >= 4 is 11.9 Å². The number of esters is 1. The molecule has 0 unspecified atom stereocenters. The third-order valence-corrected chi connectivity index (χ3v) is 2.66. The Hall–Kier alpha value is -2.22. The number of nitrogens with two attached hydrogens (primary N) is 1. The molecule has 0 spiro atoms. The molecule has 0 aliphatic carbocycles. The molecule has 0 heterocycles. The first-order valence-corrected chi connectivity index (χ1v) is 5.47. The van der Waals surface area contributed by atoms with E-state index in [1.807, 2.05) is 0 Å². The van der Waals surface area contributed by atoms with Crippen LogP contribution in [0.2, 0.25) is 0 Å². The lowest BCUT2D eigenvalue weighted by molar-refractivity contribution is -0.190. The standard InChI is InChI=1S/C12H13F2NO5/c1-6(16)20-12(11(13)14,9(15)10(18)19)7-3-2-4-8(17)5-7/h2-5,9,11,17H,15H2,1H3,(H,18,19)/t9-,12-/m1/s1. The average molecular weight is 289 g/mol. The number of aromatic hydroxyl groups is 1. The predicted molar refractivity (Wildman–Crippen MR) is 63.2 cm³/mol. The van der Waals surface area contributed by atoms with Crippen LogP contribution in [0, 0.1) is 0 Å². The number of halogens is 2. The summed E-state index contributed by atoms with van der Waals surface area (Å²) in [6.07, 6.45) is -3.40. The van der Waals surface area contributed by atoms with Crippen molar-refractivity contribution in [2.75, 3.05) is 0 Å². The van der Waals surface area contributed by atoms with E-state index in [2.05, 4.69) is 4.74 Å². The first-order valence-electron chi connectivity index (χ1n) is 5.47. The zero-order valence-corrected chi connectivity index (χ0v) is 10.4. The Bertz CT molecular complexity index is 522. The number of alkyl halides is 2. The molecule has 0 aliphatic heterocycles.